The summed E-state index contributed by atoms with van der Waals surface area (Å²) in [5, 5.41) is 9.29. The van der Waals surface area contributed by atoms with Crippen molar-refractivity contribution < 1.29 is 9.53 Å². The molecule has 2 aliphatic rings. The van der Waals surface area contributed by atoms with Crippen LogP contribution in [-0.4, -0.2) is 53.3 Å². The van der Waals surface area contributed by atoms with Gasteiger partial charge in [0.05, 0.1) is 6.42 Å². The molecule has 1 aliphatic carbocycles. The number of hydrogen-bond acceptors (Lipinski definition) is 5. The molecule has 1 aliphatic heterocycles. The maximum atomic E-state index is 12.6. The van der Waals surface area contributed by atoms with Gasteiger partial charge in [0.15, 0.2) is 5.82 Å². The minimum absolute atomic E-state index is 0.147. The van der Waals surface area contributed by atoms with Crippen molar-refractivity contribution in [1.29, 1.82) is 0 Å². The van der Waals surface area contributed by atoms with E-state index in [0.717, 1.165) is 37.3 Å². The minimum Gasteiger partial charge on any atom is -0.473 e. The van der Waals surface area contributed by atoms with Crippen LogP contribution < -0.4 is 9.64 Å². The predicted molar refractivity (Wildman–Crippen MR) is 113 cm³/mol. The van der Waals surface area contributed by atoms with Gasteiger partial charge in [0.25, 0.3) is 0 Å². The average molecular weight is 415 g/mol. The third-order valence-corrected chi connectivity index (χ3v) is 5.94. The van der Waals surface area contributed by atoms with Gasteiger partial charge in [-0.15, -0.1) is 10.2 Å². The first-order valence-electron chi connectivity index (χ1n) is 10.4. The molecule has 29 heavy (non-hydrogen) atoms. The third kappa shape index (κ3) is 5.38. The maximum Gasteiger partial charge on any atom is 0.233 e. The second kappa shape index (κ2) is 9.44. The van der Waals surface area contributed by atoms with E-state index in [1.165, 1.54) is 19.3 Å². The van der Waals surface area contributed by atoms with Gasteiger partial charge in [-0.25, -0.2) is 0 Å². The molecule has 1 aromatic carbocycles. The quantitative estimate of drug-likeness (QED) is 0.746. The fourth-order valence-electron chi connectivity index (χ4n) is 3.97. The van der Waals surface area contributed by atoms with E-state index < -0.39 is 0 Å². The molecule has 0 unspecified atom stereocenters. The molecule has 6 nitrogen and oxygen atoms in total. The second-order valence-electron chi connectivity index (χ2n) is 7.78. The fraction of sp³-hybridized carbons (Fsp3) is 0.500. The van der Waals surface area contributed by atoms with Gasteiger partial charge in [0.2, 0.25) is 11.8 Å². The number of halogens is 1. The van der Waals surface area contributed by atoms with Gasteiger partial charge >= 0.3 is 0 Å². The lowest BCUT2D eigenvalue weighted by atomic mass is 9.98. The van der Waals surface area contributed by atoms with E-state index in [4.69, 9.17) is 16.3 Å². The Hall–Kier alpha value is -2.34. The van der Waals surface area contributed by atoms with Crippen molar-refractivity contribution in [2.24, 2.45) is 0 Å². The number of anilines is 1. The molecule has 1 saturated heterocycles. The number of carbonyl (C=O) groups is 1. The van der Waals surface area contributed by atoms with E-state index in [1.807, 2.05) is 41.3 Å². The monoisotopic (exact) mass is 414 g/mol. The zero-order valence-electron chi connectivity index (χ0n) is 16.6. The molecule has 1 amide bonds. The Morgan fingerprint density at radius 3 is 2.34 bits per heavy atom. The number of piperazine rings is 1. The summed E-state index contributed by atoms with van der Waals surface area (Å²) in [6, 6.07) is 11.3. The number of carbonyl (C=O) groups excluding carboxylic acids is 1. The van der Waals surface area contributed by atoms with Crippen LogP contribution in [0.1, 0.15) is 37.7 Å². The average Bonchev–Trinajstić information content (AvgIpc) is 2.77. The number of aromatic nitrogens is 2. The molecule has 1 aromatic heterocycles. The van der Waals surface area contributed by atoms with Gasteiger partial charge in [-0.3, -0.25) is 4.79 Å². The molecule has 4 rings (SSSR count). The first-order valence-corrected chi connectivity index (χ1v) is 10.8. The van der Waals surface area contributed by atoms with Crippen LogP contribution in [-0.2, 0) is 11.2 Å². The zero-order valence-corrected chi connectivity index (χ0v) is 17.4. The van der Waals surface area contributed by atoms with E-state index >= 15 is 0 Å². The summed E-state index contributed by atoms with van der Waals surface area (Å²) in [6.07, 6.45) is 6.67. The molecular formula is C22H27ClN4O2. The Kier molecular flexibility index (Phi) is 6.49. The number of hydrogen-bond donors (Lipinski definition) is 0. The first-order chi connectivity index (χ1) is 14.2. The van der Waals surface area contributed by atoms with Crippen LogP contribution in [0.15, 0.2) is 36.4 Å². The van der Waals surface area contributed by atoms with Gasteiger partial charge in [0, 0.05) is 37.3 Å². The Morgan fingerprint density at radius 1 is 0.966 bits per heavy atom. The molecule has 1 saturated carbocycles. The molecular weight excluding hydrogens is 388 g/mol. The lowest BCUT2D eigenvalue weighted by Gasteiger charge is -2.35. The highest BCUT2D eigenvalue weighted by Gasteiger charge is 2.22. The summed E-state index contributed by atoms with van der Waals surface area (Å²) in [4.78, 5) is 16.6. The highest BCUT2D eigenvalue weighted by Crippen LogP contribution is 2.23. The summed E-state index contributed by atoms with van der Waals surface area (Å²) in [5.74, 6) is 1.59. The van der Waals surface area contributed by atoms with Gasteiger partial charge in [0.1, 0.15) is 6.10 Å². The van der Waals surface area contributed by atoms with Gasteiger partial charge in [-0.2, -0.15) is 0 Å². The first kappa shape index (κ1) is 20.0. The molecule has 0 N–H and O–H groups in total. The number of amides is 1. The van der Waals surface area contributed by atoms with E-state index in [0.29, 0.717) is 30.4 Å². The number of benzene rings is 1. The summed E-state index contributed by atoms with van der Waals surface area (Å²) >= 11 is 5.91. The number of nitrogens with zero attached hydrogens (tertiary/aromatic N) is 4. The molecule has 2 aromatic rings. The Bertz CT molecular complexity index is 799. The van der Waals surface area contributed by atoms with Crippen molar-refractivity contribution in [2.45, 2.75) is 44.6 Å². The van der Waals surface area contributed by atoms with E-state index in [1.54, 1.807) is 0 Å². The van der Waals surface area contributed by atoms with Crippen LogP contribution in [0.4, 0.5) is 5.82 Å². The van der Waals surface area contributed by atoms with Crippen molar-refractivity contribution in [2.75, 3.05) is 31.1 Å². The van der Waals surface area contributed by atoms with Gasteiger partial charge in [-0.1, -0.05) is 30.2 Å². The highest BCUT2D eigenvalue weighted by atomic mass is 35.5. The van der Waals surface area contributed by atoms with Crippen molar-refractivity contribution in [3.63, 3.8) is 0 Å². The van der Waals surface area contributed by atoms with E-state index in [2.05, 4.69) is 15.1 Å². The van der Waals surface area contributed by atoms with E-state index in [9.17, 15) is 4.79 Å². The number of ether oxygens (including phenoxy) is 1. The van der Waals surface area contributed by atoms with Crippen molar-refractivity contribution >= 4 is 23.3 Å². The molecule has 2 fully saturated rings. The lowest BCUT2D eigenvalue weighted by molar-refractivity contribution is -0.130. The predicted octanol–water partition coefficient (Wildman–Crippen LogP) is 3.73. The second-order valence-corrected chi connectivity index (χ2v) is 8.22. The Balaban J connectivity index is 1.26. The summed E-state index contributed by atoms with van der Waals surface area (Å²) in [6.45, 7) is 2.89. The Labute approximate surface area is 176 Å². The Morgan fingerprint density at radius 2 is 1.69 bits per heavy atom. The molecule has 154 valence electrons. The highest BCUT2D eigenvalue weighted by molar-refractivity contribution is 6.30. The largest absolute Gasteiger partial charge is 0.473 e. The molecule has 0 atom stereocenters. The molecule has 0 bridgehead atoms. The zero-order chi connectivity index (χ0) is 20.1. The van der Waals surface area contributed by atoms with Crippen molar-refractivity contribution in [3.05, 3.63) is 47.0 Å². The van der Waals surface area contributed by atoms with Crippen molar-refractivity contribution in [1.82, 2.24) is 15.1 Å². The van der Waals surface area contributed by atoms with Crippen LogP contribution in [0.3, 0.4) is 0 Å². The van der Waals surface area contributed by atoms with Gasteiger partial charge < -0.3 is 14.5 Å². The van der Waals surface area contributed by atoms with Crippen molar-refractivity contribution in [3.8, 4) is 5.88 Å². The number of rotatable bonds is 5. The van der Waals surface area contributed by atoms with Gasteiger partial charge in [-0.05, 0) is 49.4 Å². The van der Waals surface area contributed by atoms with Crippen LogP contribution in [0.25, 0.3) is 0 Å². The summed E-state index contributed by atoms with van der Waals surface area (Å²) < 4.78 is 5.96. The topological polar surface area (TPSA) is 58.6 Å². The van der Waals surface area contributed by atoms with E-state index in [-0.39, 0.29) is 12.0 Å². The molecule has 0 spiro atoms. The fourth-order valence-corrected chi connectivity index (χ4v) is 4.10. The standard InChI is InChI=1S/C22H27ClN4O2/c23-18-8-6-17(7-9-18)16-22(28)27-14-12-26(13-15-27)20-10-11-21(25-24-20)29-19-4-2-1-3-5-19/h6-11,19H,1-5,12-16H2. The van der Waals surface area contributed by atoms with Crippen LogP contribution >= 0.6 is 11.6 Å². The molecule has 7 heteroatoms. The minimum atomic E-state index is 0.147. The van der Waals surface area contributed by atoms with Crippen LogP contribution in [0, 0.1) is 0 Å². The summed E-state index contributed by atoms with van der Waals surface area (Å²) in [5.41, 5.74) is 0.987. The van der Waals surface area contributed by atoms with Crippen LogP contribution in [0.2, 0.25) is 5.02 Å². The molecule has 0 radical (unpaired) electrons. The smallest absolute Gasteiger partial charge is 0.233 e. The van der Waals surface area contributed by atoms with Crippen LogP contribution in [0.5, 0.6) is 5.88 Å². The SMILES string of the molecule is O=C(Cc1ccc(Cl)cc1)N1CCN(c2ccc(OC3CCCCC3)nn2)CC1. The third-order valence-electron chi connectivity index (χ3n) is 5.69. The molecule has 2 heterocycles. The normalized spacial score (nSPS) is 18.0. The maximum absolute atomic E-state index is 12.6. The summed E-state index contributed by atoms with van der Waals surface area (Å²) in [7, 11) is 0. The lowest BCUT2D eigenvalue weighted by Crippen LogP contribution is -2.49.